The molecular formula is C17H32INO3. The van der Waals surface area contributed by atoms with E-state index in [-0.39, 0.29) is 11.7 Å². The zero-order valence-electron chi connectivity index (χ0n) is 15.1. The third-order valence-corrected chi connectivity index (χ3v) is 5.58. The summed E-state index contributed by atoms with van der Waals surface area (Å²) >= 11 is 2.31. The number of alkyl carbamates (subject to hydrolysis) is 1. The quantitative estimate of drug-likeness (QED) is 0.507. The highest BCUT2D eigenvalue weighted by Gasteiger charge is 2.45. The number of halogens is 1. The summed E-state index contributed by atoms with van der Waals surface area (Å²) in [4.78, 5) is 11.8. The summed E-state index contributed by atoms with van der Waals surface area (Å²) in [5.41, 5.74) is -0.453. The zero-order chi connectivity index (χ0) is 17.2. The van der Waals surface area contributed by atoms with E-state index in [1.165, 1.54) is 6.42 Å². The number of amides is 1. The monoisotopic (exact) mass is 425 g/mol. The standard InChI is InChI=1S/C17H32INO3/c1-15(2,3)13-8-12(13)9-21-17(7,10-18)11-19-14(20)22-16(4,5)6/h12-13H,8-11H2,1-7H3,(H,19,20). The van der Waals surface area contributed by atoms with Gasteiger partial charge in [-0.3, -0.25) is 0 Å². The first kappa shape index (κ1) is 20.0. The second-order valence-electron chi connectivity index (χ2n) is 8.72. The Balaban J connectivity index is 2.37. The van der Waals surface area contributed by atoms with Gasteiger partial charge in [0.2, 0.25) is 0 Å². The molecule has 3 unspecified atom stereocenters. The van der Waals surface area contributed by atoms with Crippen LogP contribution in [0.1, 0.15) is 54.9 Å². The number of ether oxygens (including phenoxy) is 2. The van der Waals surface area contributed by atoms with E-state index in [9.17, 15) is 4.79 Å². The second-order valence-corrected chi connectivity index (χ2v) is 9.48. The van der Waals surface area contributed by atoms with E-state index in [1.807, 2.05) is 27.7 Å². The number of hydrogen-bond acceptors (Lipinski definition) is 3. The van der Waals surface area contributed by atoms with Gasteiger partial charge in [-0.2, -0.15) is 0 Å². The molecular weight excluding hydrogens is 393 g/mol. The average molecular weight is 425 g/mol. The predicted octanol–water partition coefficient (Wildman–Crippen LogP) is 4.40. The summed E-state index contributed by atoms with van der Waals surface area (Å²) in [7, 11) is 0. The maximum Gasteiger partial charge on any atom is 0.407 e. The zero-order valence-corrected chi connectivity index (χ0v) is 17.2. The summed E-state index contributed by atoms with van der Waals surface area (Å²) in [6.45, 7) is 15.7. The van der Waals surface area contributed by atoms with Crippen molar-refractivity contribution in [1.82, 2.24) is 5.32 Å². The first-order chi connectivity index (χ1) is 9.86. The van der Waals surface area contributed by atoms with Gasteiger partial charge in [-0.15, -0.1) is 0 Å². The number of alkyl halides is 1. The second kappa shape index (κ2) is 7.24. The van der Waals surface area contributed by atoms with Gasteiger partial charge >= 0.3 is 6.09 Å². The summed E-state index contributed by atoms with van der Waals surface area (Å²) in [5.74, 6) is 1.41. The largest absolute Gasteiger partial charge is 0.444 e. The molecule has 130 valence electrons. The lowest BCUT2D eigenvalue weighted by Gasteiger charge is -2.29. The van der Waals surface area contributed by atoms with Crippen molar-refractivity contribution in [3.8, 4) is 0 Å². The van der Waals surface area contributed by atoms with Crippen LogP contribution in [0.4, 0.5) is 4.79 Å². The molecule has 4 nitrogen and oxygen atoms in total. The number of carbonyl (C=O) groups is 1. The molecule has 1 saturated carbocycles. The first-order valence-electron chi connectivity index (χ1n) is 8.03. The summed E-state index contributed by atoms with van der Waals surface area (Å²) in [6.07, 6.45) is 0.867. The minimum absolute atomic E-state index is 0.345. The van der Waals surface area contributed by atoms with Gasteiger partial charge in [0, 0.05) is 4.43 Å². The van der Waals surface area contributed by atoms with Gasteiger partial charge in [0.1, 0.15) is 5.60 Å². The smallest absolute Gasteiger partial charge is 0.407 e. The van der Waals surface area contributed by atoms with Crippen LogP contribution in [0.25, 0.3) is 0 Å². The topological polar surface area (TPSA) is 47.6 Å². The lowest BCUT2D eigenvalue weighted by Crippen LogP contribution is -2.46. The average Bonchev–Trinajstić information content (AvgIpc) is 3.11. The molecule has 22 heavy (non-hydrogen) atoms. The fraction of sp³-hybridized carbons (Fsp3) is 0.941. The van der Waals surface area contributed by atoms with E-state index in [0.29, 0.717) is 17.9 Å². The first-order valence-corrected chi connectivity index (χ1v) is 9.56. The van der Waals surface area contributed by atoms with Gasteiger partial charge in [-0.1, -0.05) is 43.4 Å². The molecule has 0 spiro atoms. The highest BCUT2D eigenvalue weighted by Crippen LogP contribution is 2.50. The van der Waals surface area contributed by atoms with Crippen LogP contribution >= 0.6 is 22.6 Å². The van der Waals surface area contributed by atoms with Gasteiger partial charge in [-0.25, -0.2) is 4.79 Å². The molecule has 0 aromatic rings. The Bertz CT molecular complexity index is 386. The van der Waals surface area contributed by atoms with Crippen molar-refractivity contribution < 1.29 is 14.3 Å². The van der Waals surface area contributed by atoms with Crippen LogP contribution in [-0.4, -0.2) is 34.9 Å². The lowest BCUT2D eigenvalue weighted by molar-refractivity contribution is -0.0223. The molecule has 0 aliphatic heterocycles. The molecule has 1 rings (SSSR count). The van der Waals surface area contributed by atoms with Gasteiger partial charge in [0.15, 0.2) is 0 Å². The predicted molar refractivity (Wildman–Crippen MR) is 98.5 cm³/mol. The third-order valence-electron chi connectivity index (χ3n) is 3.97. The van der Waals surface area contributed by atoms with Gasteiger partial charge < -0.3 is 14.8 Å². The van der Waals surface area contributed by atoms with Crippen molar-refractivity contribution in [2.24, 2.45) is 17.3 Å². The van der Waals surface area contributed by atoms with Gasteiger partial charge in [0.05, 0.1) is 18.8 Å². The molecule has 1 aliphatic carbocycles. The molecule has 5 heteroatoms. The number of hydrogen-bond donors (Lipinski definition) is 1. The van der Waals surface area contributed by atoms with Gasteiger partial charge in [0.25, 0.3) is 0 Å². The fourth-order valence-electron chi connectivity index (χ4n) is 2.51. The molecule has 0 aromatic heterocycles. The lowest BCUT2D eigenvalue weighted by atomic mass is 9.89. The van der Waals surface area contributed by atoms with E-state index in [0.717, 1.165) is 17.0 Å². The molecule has 0 aromatic carbocycles. The summed E-state index contributed by atoms with van der Waals surface area (Å²) in [5, 5.41) is 2.83. The Morgan fingerprint density at radius 2 is 1.77 bits per heavy atom. The van der Waals surface area contributed by atoms with Crippen LogP contribution in [0.5, 0.6) is 0 Å². The Kier molecular flexibility index (Phi) is 6.58. The Labute approximate surface area is 149 Å². The Morgan fingerprint density at radius 1 is 1.18 bits per heavy atom. The van der Waals surface area contributed by atoms with Crippen LogP contribution in [0.2, 0.25) is 0 Å². The van der Waals surface area contributed by atoms with Crippen LogP contribution in [0.15, 0.2) is 0 Å². The fourth-order valence-corrected chi connectivity index (χ4v) is 3.00. The minimum Gasteiger partial charge on any atom is -0.444 e. The maximum atomic E-state index is 11.8. The number of nitrogens with one attached hydrogen (secondary N) is 1. The molecule has 3 atom stereocenters. The van der Waals surface area contributed by atoms with Crippen LogP contribution < -0.4 is 5.32 Å². The van der Waals surface area contributed by atoms with E-state index in [2.05, 4.69) is 48.7 Å². The third kappa shape index (κ3) is 7.02. The van der Waals surface area contributed by atoms with E-state index in [1.54, 1.807) is 0 Å². The highest BCUT2D eigenvalue weighted by molar-refractivity contribution is 14.1. The van der Waals surface area contributed by atoms with Gasteiger partial charge in [-0.05, 0) is 51.4 Å². The van der Waals surface area contributed by atoms with Crippen LogP contribution in [-0.2, 0) is 9.47 Å². The van der Waals surface area contributed by atoms with Crippen molar-refractivity contribution in [2.75, 3.05) is 17.6 Å². The molecule has 0 saturated heterocycles. The van der Waals surface area contributed by atoms with Crippen molar-refractivity contribution in [3.05, 3.63) is 0 Å². The molecule has 0 heterocycles. The SMILES string of the molecule is CC(C)(C)OC(=O)NCC(C)(CI)OCC1CC1C(C)(C)C. The van der Waals surface area contributed by atoms with Crippen molar-refractivity contribution in [2.45, 2.75) is 66.1 Å². The van der Waals surface area contributed by atoms with Crippen LogP contribution in [0, 0.1) is 17.3 Å². The molecule has 1 fully saturated rings. The van der Waals surface area contributed by atoms with E-state index >= 15 is 0 Å². The number of rotatable bonds is 6. The summed E-state index contributed by atoms with van der Waals surface area (Å²) in [6, 6.07) is 0. The Hall–Kier alpha value is -0.0400. The maximum absolute atomic E-state index is 11.8. The van der Waals surface area contributed by atoms with E-state index in [4.69, 9.17) is 9.47 Å². The Morgan fingerprint density at radius 3 is 2.18 bits per heavy atom. The molecule has 1 amide bonds. The molecule has 1 aliphatic rings. The molecule has 1 N–H and O–H groups in total. The van der Waals surface area contributed by atoms with E-state index < -0.39 is 5.60 Å². The minimum atomic E-state index is -0.473. The summed E-state index contributed by atoms with van der Waals surface area (Å²) < 4.78 is 12.2. The normalized spacial score (nSPS) is 24.5. The highest BCUT2D eigenvalue weighted by atomic mass is 127. The molecule has 0 bridgehead atoms. The van der Waals surface area contributed by atoms with Crippen LogP contribution in [0.3, 0.4) is 0 Å². The van der Waals surface area contributed by atoms with Crippen molar-refractivity contribution >= 4 is 28.7 Å². The van der Waals surface area contributed by atoms with Crippen molar-refractivity contribution in [3.63, 3.8) is 0 Å². The van der Waals surface area contributed by atoms with Crippen molar-refractivity contribution in [1.29, 1.82) is 0 Å². The number of carbonyl (C=O) groups excluding carboxylic acids is 1. The molecule has 0 radical (unpaired) electrons.